The summed E-state index contributed by atoms with van der Waals surface area (Å²) in [5.41, 5.74) is 8.55. The fraction of sp³-hybridized carbons (Fsp3) is 0.286. The summed E-state index contributed by atoms with van der Waals surface area (Å²) in [7, 11) is 0. The van der Waals surface area contributed by atoms with Crippen LogP contribution in [-0.2, 0) is 5.41 Å². The van der Waals surface area contributed by atoms with Crippen LogP contribution >= 0.6 is 0 Å². The molecule has 1 aromatic carbocycles. The van der Waals surface area contributed by atoms with Crippen LogP contribution in [0.4, 0.5) is 0 Å². The molecule has 1 unspecified atom stereocenters. The molecule has 0 radical (unpaired) electrons. The van der Waals surface area contributed by atoms with Crippen LogP contribution in [0.3, 0.4) is 0 Å². The summed E-state index contributed by atoms with van der Waals surface area (Å²) >= 11 is 0. The van der Waals surface area contributed by atoms with Gasteiger partial charge in [0, 0.05) is 12.0 Å². The first kappa shape index (κ1) is 10.2. The third kappa shape index (κ3) is 1.88. The molecule has 0 saturated heterocycles. The van der Waals surface area contributed by atoms with E-state index in [1.165, 1.54) is 11.1 Å². The predicted octanol–water partition coefficient (Wildman–Crippen LogP) is 2.71. The van der Waals surface area contributed by atoms with Crippen molar-refractivity contribution in [1.29, 1.82) is 0 Å². The van der Waals surface area contributed by atoms with Gasteiger partial charge in [0.1, 0.15) is 0 Å². The van der Waals surface area contributed by atoms with Crippen molar-refractivity contribution in [1.82, 2.24) is 0 Å². The van der Waals surface area contributed by atoms with Crippen LogP contribution in [-0.4, -0.2) is 6.54 Å². The SMILES string of the molecule is Cc1ccc(C2(CN)C=CC=CC2)cc1. The number of rotatable bonds is 2. The van der Waals surface area contributed by atoms with Crippen LogP contribution in [0.25, 0.3) is 0 Å². The number of nitrogens with two attached hydrogens (primary N) is 1. The van der Waals surface area contributed by atoms with Crippen LogP contribution in [0.5, 0.6) is 0 Å². The van der Waals surface area contributed by atoms with Crippen molar-refractivity contribution in [2.24, 2.45) is 5.73 Å². The third-order valence-corrected chi connectivity index (χ3v) is 3.14. The van der Waals surface area contributed by atoms with E-state index < -0.39 is 0 Å². The van der Waals surface area contributed by atoms with E-state index in [9.17, 15) is 0 Å². The van der Waals surface area contributed by atoms with Gasteiger partial charge in [0.2, 0.25) is 0 Å². The maximum absolute atomic E-state index is 5.92. The Hall–Kier alpha value is -1.34. The van der Waals surface area contributed by atoms with Gasteiger partial charge in [-0.05, 0) is 18.9 Å². The molecule has 0 amide bonds. The Bertz CT molecular complexity index is 386. The average molecular weight is 199 g/mol. The highest BCUT2D eigenvalue weighted by Gasteiger charge is 2.27. The second-order valence-corrected chi connectivity index (χ2v) is 4.22. The lowest BCUT2D eigenvalue weighted by Gasteiger charge is -2.30. The number of aryl methyl sites for hydroxylation is 1. The standard InChI is InChI=1S/C14H17N/c1-12-5-7-13(8-6-12)14(11-15)9-3-2-4-10-14/h2-9H,10-11,15H2,1H3. The van der Waals surface area contributed by atoms with E-state index in [1.807, 2.05) is 0 Å². The molecule has 0 saturated carbocycles. The molecule has 1 aliphatic carbocycles. The molecule has 0 fully saturated rings. The molecule has 0 aliphatic heterocycles. The van der Waals surface area contributed by atoms with E-state index in [0.717, 1.165) is 6.42 Å². The van der Waals surface area contributed by atoms with Gasteiger partial charge in [-0.3, -0.25) is 0 Å². The number of hydrogen-bond donors (Lipinski definition) is 1. The molecular formula is C14H17N. The molecule has 1 atom stereocenters. The maximum Gasteiger partial charge on any atom is 0.0292 e. The van der Waals surface area contributed by atoms with Crippen molar-refractivity contribution in [3.8, 4) is 0 Å². The first-order chi connectivity index (χ1) is 7.27. The Labute approximate surface area is 91.3 Å². The van der Waals surface area contributed by atoms with Gasteiger partial charge < -0.3 is 5.73 Å². The van der Waals surface area contributed by atoms with Gasteiger partial charge in [0.25, 0.3) is 0 Å². The summed E-state index contributed by atoms with van der Waals surface area (Å²) in [6.45, 7) is 2.77. The van der Waals surface area contributed by atoms with E-state index in [1.54, 1.807) is 0 Å². The van der Waals surface area contributed by atoms with Crippen molar-refractivity contribution in [2.75, 3.05) is 6.54 Å². The monoisotopic (exact) mass is 199 g/mol. The highest BCUT2D eigenvalue weighted by atomic mass is 14.6. The largest absolute Gasteiger partial charge is 0.329 e. The van der Waals surface area contributed by atoms with Crippen LogP contribution in [0, 0.1) is 6.92 Å². The van der Waals surface area contributed by atoms with Crippen molar-refractivity contribution in [3.05, 3.63) is 59.7 Å². The molecule has 15 heavy (non-hydrogen) atoms. The first-order valence-electron chi connectivity index (χ1n) is 5.38. The van der Waals surface area contributed by atoms with E-state index in [-0.39, 0.29) is 5.41 Å². The smallest absolute Gasteiger partial charge is 0.0292 e. The average Bonchev–Trinajstić information content (AvgIpc) is 2.31. The van der Waals surface area contributed by atoms with Crippen LogP contribution < -0.4 is 5.73 Å². The Balaban J connectivity index is 2.38. The highest BCUT2D eigenvalue weighted by Crippen LogP contribution is 2.31. The predicted molar refractivity (Wildman–Crippen MR) is 64.8 cm³/mol. The maximum atomic E-state index is 5.92. The van der Waals surface area contributed by atoms with Gasteiger partial charge in [0.15, 0.2) is 0 Å². The van der Waals surface area contributed by atoms with E-state index in [0.29, 0.717) is 6.54 Å². The second-order valence-electron chi connectivity index (χ2n) is 4.22. The lowest BCUT2D eigenvalue weighted by Crippen LogP contribution is -2.33. The summed E-state index contributed by atoms with van der Waals surface area (Å²) in [5.74, 6) is 0. The Kier molecular flexibility index (Phi) is 2.74. The van der Waals surface area contributed by atoms with E-state index in [2.05, 4.69) is 55.5 Å². The molecule has 0 spiro atoms. The molecule has 2 N–H and O–H groups in total. The topological polar surface area (TPSA) is 26.0 Å². The quantitative estimate of drug-likeness (QED) is 0.778. The van der Waals surface area contributed by atoms with Gasteiger partial charge in [-0.2, -0.15) is 0 Å². The zero-order valence-corrected chi connectivity index (χ0v) is 9.11. The summed E-state index contributed by atoms with van der Waals surface area (Å²) < 4.78 is 0. The van der Waals surface area contributed by atoms with Gasteiger partial charge >= 0.3 is 0 Å². The zero-order chi connectivity index (χ0) is 10.7. The molecular weight excluding hydrogens is 182 g/mol. The molecule has 0 aromatic heterocycles. The number of hydrogen-bond acceptors (Lipinski definition) is 1. The summed E-state index contributed by atoms with van der Waals surface area (Å²) in [5, 5.41) is 0. The second kappa shape index (κ2) is 4.03. The number of benzene rings is 1. The fourth-order valence-electron chi connectivity index (χ4n) is 2.03. The van der Waals surface area contributed by atoms with Gasteiger partial charge in [-0.1, -0.05) is 54.1 Å². The summed E-state index contributed by atoms with van der Waals surface area (Å²) in [6, 6.07) is 8.68. The summed E-state index contributed by atoms with van der Waals surface area (Å²) in [6.07, 6.45) is 9.59. The molecule has 2 rings (SSSR count). The van der Waals surface area contributed by atoms with Gasteiger partial charge in [-0.25, -0.2) is 0 Å². The molecule has 1 aromatic rings. The minimum Gasteiger partial charge on any atom is -0.329 e. The molecule has 78 valence electrons. The molecule has 0 heterocycles. The molecule has 1 aliphatic rings. The Morgan fingerprint density at radius 2 is 1.93 bits per heavy atom. The van der Waals surface area contributed by atoms with Crippen molar-refractivity contribution in [3.63, 3.8) is 0 Å². The van der Waals surface area contributed by atoms with Crippen LogP contribution in [0.15, 0.2) is 48.6 Å². The van der Waals surface area contributed by atoms with Crippen LogP contribution in [0.2, 0.25) is 0 Å². The number of allylic oxidation sites excluding steroid dienone is 3. The molecule has 0 bridgehead atoms. The minimum atomic E-state index is 0.0163. The molecule has 1 heteroatoms. The first-order valence-corrected chi connectivity index (χ1v) is 5.38. The lowest BCUT2D eigenvalue weighted by atomic mass is 9.75. The Morgan fingerprint density at radius 3 is 2.47 bits per heavy atom. The van der Waals surface area contributed by atoms with Crippen molar-refractivity contribution in [2.45, 2.75) is 18.8 Å². The van der Waals surface area contributed by atoms with Gasteiger partial charge in [0.05, 0.1) is 0 Å². The van der Waals surface area contributed by atoms with Crippen molar-refractivity contribution < 1.29 is 0 Å². The lowest BCUT2D eigenvalue weighted by molar-refractivity contribution is 0.550. The fourth-order valence-corrected chi connectivity index (χ4v) is 2.03. The summed E-state index contributed by atoms with van der Waals surface area (Å²) in [4.78, 5) is 0. The van der Waals surface area contributed by atoms with Crippen LogP contribution in [0.1, 0.15) is 17.5 Å². The third-order valence-electron chi connectivity index (χ3n) is 3.14. The van der Waals surface area contributed by atoms with Gasteiger partial charge in [-0.15, -0.1) is 0 Å². The Morgan fingerprint density at radius 1 is 1.20 bits per heavy atom. The zero-order valence-electron chi connectivity index (χ0n) is 9.11. The normalized spacial score (nSPS) is 24.4. The van der Waals surface area contributed by atoms with E-state index >= 15 is 0 Å². The highest BCUT2D eigenvalue weighted by molar-refractivity contribution is 5.37. The minimum absolute atomic E-state index is 0.0163. The van der Waals surface area contributed by atoms with Crippen molar-refractivity contribution >= 4 is 0 Å². The molecule has 1 nitrogen and oxygen atoms in total. The van der Waals surface area contributed by atoms with E-state index in [4.69, 9.17) is 5.73 Å².